The lowest BCUT2D eigenvalue weighted by Crippen LogP contribution is -2.16. The zero-order valence-corrected chi connectivity index (χ0v) is 15.2. The molecule has 1 aromatic heterocycles. The lowest BCUT2D eigenvalue weighted by atomic mass is 10.1. The van der Waals surface area contributed by atoms with Crippen LogP contribution in [-0.4, -0.2) is 28.6 Å². The van der Waals surface area contributed by atoms with Crippen molar-refractivity contribution < 1.29 is 19.2 Å². The number of aromatic nitrogens is 1. The molecule has 9 heteroatoms. The van der Waals surface area contributed by atoms with E-state index in [-0.39, 0.29) is 18.0 Å². The van der Waals surface area contributed by atoms with Crippen molar-refractivity contribution in [1.82, 2.24) is 4.57 Å². The molecule has 1 aliphatic heterocycles. The van der Waals surface area contributed by atoms with Gasteiger partial charge in [-0.2, -0.15) is 4.99 Å². The molecule has 138 valence electrons. The minimum Gasteiger partial charge on any atom is -0.486 e. The molecule has 0 fully saturated rings. The van der Waals surface area contributed by atoms with E-state index in [1.54, 1.807) is 12.1 Å². The van der Waals surface area contributed by atoms with Crippen LogP contribution in [0.25, 0.3) is 10.2 Å². The number of ether oxygens (including phenoxy) is 2. The largest absolute Gasteiger partial charge is 0.486 e. The molecule has 1 aliphatic rings. The zero-order valence-electron chi connectivity index (χ0n) is 14.4. The highest BCUT2D eigenvalue weighted by Crippen LogP contribution is 2.35. The summed E-state index contributed by atoms with van der Waals surface area (Å²) in [5.74, 6) is 1.06. The number of hydrogen-bond acceptors (Lipinski definition) is 6. The summed E-state index contributed by atoms with van der Waals surface area (Å²) in [6, 6.07) is 9.69. The average molecular weight is 385 g/mol. The highest BCUT2D eigenvalue weighted by Gasteiger charge is 2.15. The summed E-state index contributed by atoms with van der Waals surface area (Å²) in [6.07, 6.45) is 0.0783. The van der Waals surface area contributed by atoms with Crippen molar-refractivity contribution in [3.05, 3.63) is 56.9 Å². The summed E-state index contributed by atoms with van der Waals surface area (Å²) >= 11 is 1.39. The van der Waals surface area contributed by atoms with Gasteiger partial charge in [0.05, 0.1) is 21.6 Å². The maximum absolute atomic E-state index is 12.3. The van der Waals surface area contributed by atoms with Crippen molar-refractivity contribution in [2.75, 3.05) is 13.2 Å². The zero-order chi connectivity index (χ0) is 19.0. The summed E-state index contributed by atoms with van der Waals surface area (Å²) in [6.45, 7) is 1.03. The molecule has 0 atom stereocenters. The van der Waals surface area contributed by atoms with Gasteiger partial charge in [0.1, 0.15) is 13.2 Å². The van der Waals surface area contributed by atoms with Gasteiger partial charge < -0.3 is 14.0 Å². The molecule has 0 spiro atoms. The van der Waals surface area contributed by atoms with Crippen LogP contribution in [0.3, 0.4) is 0 Å². The second-order valence-electron chi connectivity index (χ2n) is 6.01. The molecule has 0 bridgehead atoms. The first-order chi connectivity index (χ1) is 13.0. The Labute approximate surface area is 157 Å². The number of rotatable bonds is 3. The lowest BCUT2D eigenvalue weighted by Gasteiger charge is -2.18. The van der Waals surface area contributed by atoms with E-state index in [9.17, 15) is 14.9 Å². The lowest BCUT2D eigenvalue weighted by molar-refractivity contribution is -0.384. The first-order valence-corrected chi connectivity index (χ1v) is 9.03. The molecule has 0 saturated carbocycles. The first-order valence-electron chi connectivity index (χ1n) is 8.21. The quantitative estimate of drug-likeness (QED) is 0.510. The molecule has 4 rings (SSSR count). The van der Waals surface area contributed by atoms with Gasteiger partial charge >= 0.3 is 0 Å². The second kappa shape index (κ2) is 6.84. The van der Waals surface area contributed by atoms with Gasteiger partial charge in [-0.05, 0) is 5.56 Å². The fraction of sp³-hybridized carbons (Fsp3) is 0.222. The standard InChI is InChI=1S/C18H15N3O5S/c1-20-13-9-14-15(26-7-6-25-14)10-16(13)27-18(20)19-17(22)8-11-2-4-12(5-3-11)21(23)24/h2-5,9-10H,6-8H2,1H3. The van der Waals surface area contributed by atoms with Gasteiger partial charge in [-0.1, -0.05) is 23.5 Å². The summed E-state index contributed by atoms with van der Waals surface area (Å²) in [5.41, 5.74) is 1.58. The Hall–Kier alpha value is -3.20. The number of carbonyl (C=O) groups excluding carboxylic acids is 1. The van der Waals surface area contributed by atoms with Gasteiger partial charge in [-0.15, -0.1) is 0 Å². The molecule has 0 unspecified atom stereocenters. The molecule has 2 heterocycles. The smallest absolute Gasteiger partial charge is 0.269 e. The Morgan fingerprint density at radius 1 is 1.22 bits per heavy atom. The van der Waals surface area contributed by atoms with E-state index in [0.717, 1.165) is 10.2 Å². The van der Waals surface area contributed by atoms with Gasteiger partial charge in [0.25, 0.3) is 11.6 Å². The molecule has 0 saturated heterocycles. The summed E-state index contributed by atoms with van der Waals surface area (Å²) in [4.78, 5) is 27.3. The van der Waals surface area contributed by atoms with Crippen molar-refractivity contribution in [3.8, 4) is 11.5 Å². The highest BCUT2D eigenvalue weighted by molar-refractivity contribution is 7.16. The molecule has 27 heavy (non-hydrogen) atoms. The first kappa shape index (κ1) is 17.2. The molecule has 0 aliphatic carbocycles. The van der Waals surface area contributed by atoms with Crippen molar-refractivity contribution in [2.24, 2.45) is 12.0 Å². The van der Waals surface area contributed by atoms with E-state index in [0.29, 0.717) is 35.1 Å². The van der Waals surface area contributed by atoms with Gasteiger partial charge in [-0.3, -0.25) is 14.9 Å². The van der Waals surface area contributed by atoms with Gasteiger partial charge in [0.2, 0.25) is 0 Å². The van der Waals surface area contributed by atoms with E-state index in [4.69, 9.17) is 9.47 Å². The van der Waals surface area contributed by atoms with E-state index in [1.807, 2.05) is 23.7 Å². The predicted octanol–water partition coefficient (Wildman–Crippen LogP) is 2.59. The number of non-ortho nitro benzene ring substituents is 1. The number of nitro benzene ring substituents is 1. The topological polar surface area (TPSA) is 96.0 Å². The Balaban J connectivity index is 1.62. The molecular weight excluding hydrogens is 370 g/mol. The minimum absolute atomic E-state index is 0.00699. The van der Waals surface area contributed by atoms with E-state index in [2.05, 4.69) is 4.99 Å². The minimum atomic E-state index is -0.472. The van der Waals surface area contributed by atoms with Crippen LogP contribution in [0.5, 0.6) is 11.5 Å². The van der Waals surface area contributed by atoms with Gasteiger partial charge in [0, 0.05) is 31.3 Å². The van der Waals surface area contributed by atoms with Crippen LogP contribution < -0.4 is 14.3 Å². The predicted molar refractivity (Wildman–Crippen MR) is 99.2 cm³/mol. The van der Waals surface area contributed by atoms with Crippen LogP contribution >= 0.6 is 11.3 Å². The number of nitro groups is 1. The van der Waals surface area contributed by atoms with Crippen molar-refractivity contribution in [3.63, 3.8) is 0 Å². The third-order valence-corrected chi connectivity index (χ3v) is 5.29. The van der Waals surface area contributed by atoms with Crippen LogP contribution in [-0.2, 0) is 18.3 Å². The fourth-order valence-corrected chi connectivity index (χ4v) is 3.87. The van der Waals surface area contributed by atoms with Crippen LogP contribution in [0.1, 0.15) is 5.56 Å². The number of amides is 1. The van der Waals surface area contributed by atoms with Gasteiger partial charge in [-0.25, -0.2) is 0 Å². The SMILES string of the molecule is Cn1c(=NC(=O)Cc2ccc([N+](=O)[O-])cc2)sc2cc3c(cc21)OCCO3. The summed E-state index contributed by atoms with van der Waals surface area (Å²) in [5, 5.41) is 10.7. The summed E-state index contributed by atoms with van der Waals surface area (Å²) < 4.78 is 14.0. The Morgan fingerprint density at radius 2 is 1.89 bits per heavy atom. The number of aryl methyl sites for hydroxylation is 1. The average Bonchev–Trinajstić information content (AvgIpc) is 2.95. The number of benzene rings is 2. The number of nitrogens with zero attached hydrogens (tertiary/aromatic N) is 3. The monoisotopic (exact) mass is 385 g/mol. The molecule has 8 nitrogen and oxygen atoms in total. The van der Waals surface area contributed by atoms with E-state index < -0.39 is 4.92 Å². The Kier molecular flexibility index (Phi) is 4.36. The third kappa shape index (κ3) is 3.41. The van der Waals surface area contributed by atoms with Crippen LogP contribution in [0.15, 0.2) is 41.4 Å². The number of thiazole rings is 1. The third-order valence-electron chi connectivity index (χ3n) is 4.20. The van der Waals surface area contributed by atoms with Crippen LogP contribution in [0.2, 0.25) is 0 Å². The van der Waals surface area contributed by atoms with E-state index in [1.165, 1.54) is 23.5 Å². The normalized spacial score (nSPS) is 13.7. The van der Waals surface area contributed by atoms with Crippen LogP contribution in [0, 0.1) is 10.1 Å². The number of carbonyl (C=O) groups is 1. The highest BCUT2D eigenvalue weighted by atomic mass is 32.1. The maximum Gasteiger partial charge on any atom is 0.269 e. The number of hydrogen-bond donors (Lipinski definition) is 0. The van der Waals surface area contributed by atoms with Gasteiger partial charge in [0.15, 0.2) is 16.3 Å². The summed E-state index contributed by atoms with van der Waals surface area (Å²) in [7, 11) is 1.84. The Morgan fingerprint density at radius 3 is 2.56 bits per heavy atom. The molecule has 0 radical (unpaired) electrons. The van der Waals surface area contributed by atoms with Crippen molar-refractivity contribution in [1.29, 1.82) is 0 Å². The van der Waals surface area contributed by atoms with Crippen molar-refractivity contribution >= 4 is 33.1 Å². The van der Waals surface area contributed by atoms with E-state index >= 15 is 0 Å². The molecular formula is C18H15N3O5S. The molecule has 2 aromatic carbocycles. The van der Waals surface area contributed by atoms with Crippen LogP contribution in [0.4, 0.5) is 5.69 Å². The molecule has 1 amide bonds. The molecule has 3 aromatic rings. The van der Waals surface area contributed by atoms with Crippen molar-refractivity contribution in [2.45, 2.75) is 6.42 Å². The fourth-order valence-electron chi connectivity index (χ4n) is 2.83. The molecule has 0 N–H and O–H groups in total. The Bertz CT molecular complexity index is 1110. The second-order valence-corrected chi connectivity index (χ2v) is 7.02. The number of fused-ring (bicyclic) bond motifs is 2. The maximum atomic E-state index is 12.3.